The van der Waals surface area contributed by atoms with Crippen LogP contribution in [0.1, 0.15) is 30.4 Å². The van der Waals surface area contributed by atoms with Crippen molar-refractivity contribution in [1.29, 1.82) is 0 Å². The first-order valence-electron chi connectivity index (χ1n) is 8.94. The maximum absolute atomic E-state index is 12.9. The SMILES string of the molecule is COc1ccc(COC(=O)C2=C(C)NC(=O)C[C@@H]2c2ccccc2[N+](=O)[O-])cc1. The number of esters is 1. The van der Waals surface area contributed by atoms with Crippen LogP contribution >= 0.6 is 0 Å². The Bertz CT molecular complexity index is 981. The van der Waals surface area contributed by atoms with E-state index in [0.29, 0.717) is 17.0 Å². The van der Waals surface area contributed by atoms with Gasteiger partial charge in [-0.15, -0.1) is 0 Å². The zero-order valence-electron chi connectivity index (χ0n) is 16.0. The molecule has 1 heterocycles. The highest BCUT2D eigenvalue weighted by molar-refractivity contribution is 5.96. The summed E-state index contributed by atoms with van der Waals surface area (Å²) >= 11 is 0. The second-order valence-corrected chi connectivity index (χ2v) is 6.58. The number of nitro benzene ring substituents is 1. The van der Waals surface area contributed by atoms with E-state index in [4.69, 9.17) is 9.47 Å². The molecule has 2 aromatic rings. The van der Waals surface area contributed by atoms with Gasteiger partial charge in [-0.05, 0) is 24.6 Å². The van der Waals surface area contributed by atoms with Crippen LogP contribution in [-0.4, -0.2) is 23.9 Å². The van der Waals surface area contributed by atoms with Crippen LogP contribution in [0.25, 0.3) is 0 Å². The monoisotopic (exact) mass is 396 g/mol. The van der Waals surface area contributed by atoms with Crippen LogP contribution in [0.4, 0.5) is 5.69 Å². The Hall–Kier alpha value is -3.68. The van der Waals surface area contributed by atoms with Crippen molar-refractivity contribution >= 4 is 17.6 Å². The van der Waals surface area contributed by atoms with Crippen LogP contribution < -0.4 is 10.1 Å². The second-order valence-electron chi connectivity index (χ2n) is 6.58. The molecular formula is C21H20N2O6. The summed E-state index contributed by atoms with van der Waals surface area (Å²) in [5, 5.41) is 14.1. The molecule has 0 saturated heterocycles. The Balaban J connectivity index is 1.87. The summed E-state index contributed by atoms with van der Waals surface area (Å²) in [5.41, 5.74) is 1.49. The highest BCUT2D eigenvalue weighted by atomic mass is 16.6. The number of allylic oxidation sites excluding steroid dienone is 1. The van der Waals surface area contributed by atoms with Gasteiger partial charge in [0.05, 0.1) is 17.6 Å². The Morgan fingerprint density at radius 1 is 1.21 bits per heavy atom. The fraction of sp³-hybridized carbons (Fsp3) is 0.238. The van der Waals surface area contributed by atoms with Gasteiger partial charge in [0.25, 0.3) is 5.69 Å². The molecular weight excluding hydrogens is 376 g/mol. The predicted molar refractivity (Wildman–Crippen MR) is 104 cm³/mol. The van der Waals surface area contributed by atoms with E-state index < -0.39 is 16.8 Å². The number of nitrogens with zero attached hydrogens (tertiary/aromatic N) is 1. The number of rotatable bonds is 6. The number of benzene rings is 2. The van der Waals surface area contributed by atoms with Gasteiger partial charge in [0.2, 0.25) is 5.91 Å². The molecule has 1 atom stereocenters. The van der Waals surface area contributed by atoms with E-state index in [1.54, 1.807) is 56.5 Å². The van der Waals surface area contributed by atoms with E-state index in [9.17, 15) is 19.7 Å². The molecule has 0 saturated carbocycles. The maximum atomic E-state index is 12.9. The molecule has 0 bridgehead atoms. The van der Waals surface area contributed by atoms with Gasteiger partial charge in [-0.3, -0.25) is 14.9 Å². The first kappa shape index (κ1) is 20.1. The topological polar surface area (TPSA) is 108 Å². The lowest BCUT2D eigenvalue weighted by atomic mass is 9.83. The minimum Gasteiger partial charge on any atom is -0.497 e. The summed E-state index contributed by atoms with van der Waals surface area (Å²) in [5.74, 6) is -1.00. The van der Waals surface area contributed by atoms with Crippen molar-refractivity contribution < 1.29 is 24.0 Å². The molecule has 0 spiro atoms. The van der Waals surface area contributed by atoms with Gasteiger partial charge in [0.15, 0.2) is 0 Å². The number of nitro groups is 1. The van der Waals surface area contributed by atoms with Crippen molar-refractivity contribution in [2.75, 3.05) is 7.11 Å². The molecule has 150 valence electrons. The van der Waals surface area contributed by atoms with Gasteiger partial charge >= 0.3 is 5.97 Å². The van der Waals surface area contributed by atoms with Crippen molar-refractivity contribution in [1.82, 2.24) is 5.32 Å². The van der Waals surface area contributed by atoms with Crippen molar-refractivity contribution in [3.63, 3.8) is 0 Å². The van der Waals surface area contributed by atoms with Crippen LogP contribution in [0, 0.1) is 10.1 Å². The minimum absolute atomic E-state index is 0.0250. The number of para-hydroxylation sites is 1. The van der Waals surface area contributed by atoms with Crippen molar-refractivity contribution in [3.8, 4) is 5.75 Å². The number of carbonyl (C=O) groups excluding carboxylic acids is 2. The number of nitrogens with one attached hydrogen (secondary N) is 1. The third-order valence-corrected chi connectivity index (χ3v) is 4.73. The number of hydrogen-bond acceptors (Lipinski definition) is 6. The molecule has 0 aromatic heterocycles. The van der Waals surface area contributed by atoms with Gasteiger partial charge in [0.1, 0.15) is 12.4 Å². The third-order valence-electron chi connectivity index (χ3n) is 4.73. The van der Waals surface area contributed by atoms with Gasteiger partial charge in [-0.1, -0.05) is 30.3 Å². The van der Waals surface area contributed by atoms with E-state index >= 15 is 0 Å². The Morgan fingerprint density at radius 3 is 2.55 bits per heavy atom. The van der Waals surface area contributed by atoms with Gasteiger partial charge in [-0.2, -0.15) is 0 Å². The molecule has 2 aromatic carbocycles. The van der Waals surface area contributed by atoms with Gasteiger partial charge in [-0.25, -0.2) is 4.79 Å². The number of ether oxygens (including phenoxy) is 2. The molecule has 1 aliphatic rings. The van der Waals surface area contributed by atoms with E-state index in [1.807, 2.05) is 0 Å². The van der Waals surface area contributed by atoms with Gasteiger partial charge in [0, 0.05) is 29.7 Å². The first-order chi connectivity index (χ1) is 13.9. The van der Waals surface area contributed by atoms with Crippen LogP contribution in [-0.2, 0) is 20.9 Å². The van der Waals surface area contributed by atoms with Crippen LogP contribution in [0.3, 0.4) is 0 Å². The lowest BCUT2D eigenvalue weighted by Gasteiger charge is -2.26. The molecule has 8 heteroatoms. The Morgan fingerprint density at radius 2 is 1.90 bits per heavy atom. The number of hydrogen-bond donors (Lipinski definition) is 1. The summed E-state index contributed by atoms with van der Waals surface area (Å²) in [6.45, 7) is 1.61. The van der Waals surface area contributed by atoms with Crippen LogP contribution in [0.2, 0.25) is 0 Å². The number of amides is 1. The average Bonchev–Trinajstić information content (AvgIpc) is 2.71. The molecule has 29 heavy (non-hydrogen) atoms. The quantitative estimate of drug-likeness (QED) is 0.456. The summed E-state index contributed by atoms with van der Waals surface area (Å²) in [6.07, 6.45) is -0.0742. The molecule has 1 aliphatic heterocycles. The molecule has 1 N–H and O–H groups in total. The lowest BCUT2D eigenvalue weighted by Crippen LogP contribution is -2.34. The van der Waals surface area contributed by atoms with E-state index in [0.717, 1.165) is 5.56 Å². The van der Waals surface area contributed by atoms with E-state index in [2.05, 4.69) is 5.32 Å². The number of carbonyl (C=O) groups is 2. The molecule has 0 fully saturated rings. The highest BCUT2D eigenvalue weighted by Gasteiger charge is 2.36. The first-order valence-corrected chi connectivity index (χ1v) is 8.94. The molecule has 1 amide bonds. The largest absolute Gasteiger partial charge is 0.497 e. The highest BCUT2D eigenvalue weighted by Crippen LogP contribution is 2.38. The standard InChI is InChI=1S/C21H20N2O6/c1-13-20(21(25)29-12-14-7-9-15(28-2)10-8-14)17(11-19(24)22-13)16-5-3-4-6-18(16)23(26)27/h3-10,17H,11-12H2,1-2H3,(H,22,24)/t17-/m1/s1. The summed E-state index contributed by atoms with van der Waals surface area (Å²) in [6, 6.07) is 13.2. The van der Waals surface area contributed by atoms with Crippen molar-refractivity contribution in [2.45, 2.75) is 25.9 Å². The lowest BCUT2D eigenvalue weighted by molar-refractivity contribution is -0.385. The Labute approximate surface area is 167 Å². The average molecular weight is 396 g/mol. The van der Waals surface area contributed by atoms with Crippen LogP contribution in [0.15, 0.2) is 59.8 Å². The fourth-order valence-electron chi connectivity index (χ4n) is 3.33. The fourth-order valence-corrected chi connectivity index (χ4v) is 3.33. The van der Waals surface area contributed by atoms with Crippen LogP contribution in [0.5, 0.6) is 5.75 Å². The van der Waals surface area contributed by atoms with Gasteiger partial charge < -0.3 is 14.8 Å². The summed E-state index contributed by atoms with van der Waals surface area (Å²) < 4.78 is 10.5. The zero-order valence-corrected chi connectivity index (χ0v) is 16.0. The van der Waals surface area contributed by atoms with Crippen molar-refractivity contribution in [2.24, 2.45) is 0 Å². The summed E-state index contributed by atoms with van der Waals surface area (Å²) in [4.78, 5) is 35.8. The molecule has 0 radical (unpaired) electrons. The molecule has 0 aliphatic carbocycles. The third kappa shape index (κ3) is 4.43. The van der Waals surface area contributed by atoms with E-state index in [-0.39, 0.29) is 30.2 Å². The Kier molecular flexibility index (Phi) is 5.92. The predicted octanol–water partition coefficient (Wildman–Crippen LogP) is 3.22. The van der Waals surface area contributed by atoms with Crippen molar-refractivity contribution in [3.05, 3.63) is 81.0 Å². The normalized spacial score (nSPS) is 16.2. The second kappa shape index (κ2) is 8.55. The smallest absolute Gasteiger partial charge is 0.336 e. The maximum Gasteiger partial charge on any atom is 0.336 e. The number of methoxy groups -OCH3 is 1. The molecule has 8 nitrogen and oxygen atoms in total. The minimum atomic E-state index is -0.756. The zero-order chi connectivity index (χ0) is 21.0. The molecule has 3 rings (SSSR count). The molecule has 0 unspecified atom stereocenters. The van der Waals surface area contributed by atoms with E-state index in [1.165, 1.54) is 6.07 Å². The summed E-state index contributed by atoms with van der Waals surface area (Å²) in [7, 11) is 1.56.